The molecule has 4 heteroatoms. The maximum absolute atomic E-state index is 5.82. The van der Waals surface area contributed by atoms with Crippen molar-refractivity contribution in [2.75, 3.05) is 19.7 Å². The fourth-order valence-electron chi connectivity index (χ4n) is 4.14. The Bertz CT molecular complexity index is 534. The number of rotatable bonds is 3. The van der Waals surface area contributed by atoms with Crippen molar-refractivity contribution in [1.82, 2.24) is 10.2 Å². The highest BCUT2D eigenvalue weighted by atomic mass is 79.9. The van der Waals surface area contributed by atoms with E-state index in [0.717, 1.165) is 31.4 Å². The number of nitrogens with zero attached hydrogens (tertiary/aromatic N) is 1. The van der Waals surface area contributed by atoms with E-state index in [1.165, 1.54) is 54.4 Å². The molecule has 1 aromatic rings. The molecule has 114 valence electrons. The number of hydrogen-bond donors (Lipinski definition) is 1. The highest BCUT2D eigenvalue weighted by Gasteiger charge is 2.31. The Hall–Kier alpha value is -0.580. The van der Waals surface area contributed by atoms with E-state index in [-0.39, 0.29) is 0 Å². The first kappa shape index (κ1) is 14.0. The summed E-state index contributed by atoms with van der Waals surface area (Å²) in [7, 11) is 0. The van der Waals surface area contributed by atoms with Crippen molar-refractivity contribution in [2.24, 2.45) is 0 Å². The third-order valence-corrected chi connectivity index (χ3v) is 5.68. The van der Waals surface area contributed by atoms with Gasteiger partial charge >= 0.3 is 0 Å². The van der Waals surface area contributed by atoms with E-state index in [2.05, 4.69) is 38.3 Å². The fourth-order valence-corrected chi connectivity index (χ4v) is 4.69. The predicted octanol–water partition coefficient (Wildman–Crippen LogP) is 3.10. The monoisotopic (exact) mass is 350 g/mol. The Balaban J connectivity index is 1.41. The second-order valence-electron chi connectivity index (χ2n) is 6.59. The molecule has 0 bridgehead atoms. The first-order valence-corrected chi connectivity index (χ1v) is 9.00. The zero-order valence-electron chi connectivity index (χ0n) is 12.4. The van der Waals surface area contributed by atoms with E-state index in [4.69, 9.17) is 4.74 Å². The van der Waals surface area contributed by atoms with Crippen LogP contribution in [0.2, 0.25) is 0 Å². The maximum atomic E-state index is 5.82. The Morgan fingerprint density at radius 3 is 3.19 bits per heavy atom. The van der Waals surface area contributed by atoms with Crippen LogP contribution in [-0.2, 0) is 13.0 Å². The second-order valence-corrected chi connectivity index (χ2v) is 7.50. The molecule has 0 amide bonds. The van der Waals surface area contributed by atoms with Gasteiger partial charge in [0.15, 0.2) is 0 Å². The van der Waals surface area contributed by atoms with Gasteiger partial charge in [0.2, 0.25) is 0 Å². The lowest BCUT2D eigenvalue weighted by atomic mass is 9.97. The smallest absolute Gasteiger partial charge is 0.127 e. The molecule has 3 aliphatic rings. The number of ether oxygens (including phenoxy) is 1. The van der Waals surface area contributed by atoms with Crippen LogP contribution in [0.3, 0.4) is 0 Å². The van der Waals surface area contributed by atoms with Crippen LogP contribution in [0.25, 0.3) is 0 Å². The zero-order chi connectivity index (χ0) is 14.2. The second kappa shape index (κ2) is 5.90. The van der Waals surface area contributed by atoms with Crippen molar-refractivity contribution >= 4 is 15.9 Å². The summed E-state index contributed by atoms with van der Waals surface area (Å²) < 4.78 is 7.00. The lowest BCUT2D eigenvalue weighted by Crippen LogP contribution is -2.45. The van der Waals surface area contributed by atoms with E-state index in [9.17, 15) is 0 Å². The Labute approximate surface area is 135 Å². The van der Waals surface area contributed by atoms with E-state index >= 15 is 0 Å². The van der Waals surface area contributed by atoms with Gasteiger partial charge in [0, 0.05) is 35.1 Å². The fraction of sp³-hybridized carbons (Fsp3) is 0.647. The van der Waals surface area contributed by atoms with E-state index < -0.39 is 0 Å². The SMILES string of the molecule is Brc1cc2c(c(CNC3CCN4CCCC4C3)c1)OCC2. The van der Waals surface area contributed by atoms with Gasteiger partial charge in [0.05, 0.1) is 6.61 Å². The molecule has 0 saturated carbocycles. The molecule has 1 N–H and O–H groups in total. The topological polar surface area (TPSA) is 24.5 Å². The summed E-state index contributed by atoms with van der Waals surface area (Å²) in [5.41, 5.74) is 2.66. The van der Waals surface area contributed by atoms with Crippen LogP contribution in [0.5, 0.6) is 5.75 Å². The quantitative estimate of drug-likeness (QED) is 0.906. The van der Waals surface area contributed by atoms with Crippen molar-refractivity contribution in [3.8, 4) is 5.75 Å². The van der Waals surface area contributed by atoms with Gasteiger partial charge in [-0.2, -0.15) is 0 Å². The maximum Gasteiger partial charge on any atom is 0.127 e. The van der Waals surface area contributed by atoms with E-state index in [0.29, 0.717) is 6.04 Å². The standard InChI is InChI=1S/C17H23BrN2O/c18-14-8-12-4-7-21-17(12)13(9-14)11-19-15-3-6-20-5-1-2-16(20)10-15/h8-9,15-16,19H,1-7,10-11H2. The summed E-state index contributed by atoms with van der Waals surface area (Å²) >= 11 is 3.63. The van der Waals surface area contributed by atoms with Gasteiger partial charge in [-0.05, 0) is 56.5 Å². The number of nitrogens with one attached hydrogen (secondary N) is 1. The summed E-state index contributed by atoms with van der Waals surface area (Å²) in [6.45, 7) is 4.36. The molecule has 4 rings (SSSR count). The number of benzene rings is 1. The van der Waals surface area contributed by atoms with Crippen LogP contribution >= 0.6 is 15.9 Å². The minimum atomic E-state index is 0.667. The Kier molecular flexibility index (Phi) is 3.94. The number of piperidine rings is 1. The molecule has 3 aliphatic heterocycles. The molecular weight excluding hydrogens is 328 g/mol. The zero-order valence-corrected chi connectivity index (χ0v) is 14.0. The number of hydrogen-bond acceptors (Lipinski definition) is 3. The predicted molar refractivity (Wildman–Crippen MR) is 87.8 cm³/mol. The molecule has 0 aliphatic carbocycles. The molecular formula is C17H23BrN2O. The average Bonchev–Trinajstić information content (AvgIpc) is 3.12. The molecule has 2 atom stereocenters. The van der Waals surface area contributed by atoms with Crippen molar-refractivity contribution in [3.05, 3.63) is 27.7 Å². The van der Waals surface area contributed by atoms with Gasteiger partial charge in [-0.25, -0.2) is 0 Å². The third-order valence-electron chi connectivity index (χ3n) is 5.23. The summed E-state index contributed by atoms with van der Waals surface area (Å²) in [6.07, 6.45) is 6.44. The van der Waals surface area contributed by atoms with Gasteiger partial charge in [-0.15, -0.1) is 0 Å². The third kappa shape index (κ3) is 2.86. The van der Waals surface area contributed by atoms with Crippen LogP contribution in [0.4, 0.5) is 0 Å². The molecule has 0 spiro atoms. The molecule has 2 saturated heterocycles. The van der Waals surface area contributed by atoms with Crippen molar-refractivity contribution in [3.63, 3.8) is 0 Å². The molecule has 1 aromatic carbocycles. The van der Waals surface area contributed by atoms with Crippen LogP contribution < -0.4 is 10.1 Å². The van der Waals surface area contributed by atoms with Crippen molar-refractivity contribution in [1.29, 1.82) is 0 Å². The van der Waals surface area contributed by atoms with Crippen LogP contribution in [0.1, 0.15) is 36.8 Å². The van der Waals surface area contributed by atoms with E-state index in [1.807, 2.05) is 0 Å². The molecule has 0 radical (unpaired) electrons. The Morgan fingerprint density at radius 1 is 1.29 bits per heavy atom. The van der Waals surface area contributed by atoms with E-state index in [1.54, 1.807) is 0 Å². The number of halogens is 1. The van der Waals surface area contributed by atoms with Gasteiger partial charge in [-0.1, -0.05) is 15.9 Å². The molecule has 21 heavy (non-hydrogen) atoms. The minimum absolute atomic E-state index is 0.667. The van der Waals surface area contributed by atoms with Gasteiger partial charge in [0.1, 0.15) is 5.75 Å². The summed E-state index contributed by atoms with van der Waals surface area (Å²) in [6, 6.07) is 5.91. The van der Waals surface area contributed by atoms with Gasteiger partial charge in [-0.3, -0.25) is 0 Å². The van der Waals surface area contributed by atoms with Crippen LogP contribution in [-0.4, -0.2) is 36.7 Å². The summed E-state index contributed by atoms with van der Waals surface area (Å²) in [4.78, 5) is 2.68. The average molecular weight is 351 g/mol. The molecule has 2 fully saturated rings. The molecule has 3 heterocycles. The van der Waals surface area contributed by atoms with Crippen LogP contribution in [0.15, 0.2) is 16.6 Å². The molecule has 0 aromatic heterocycles. The first-order chi connectivity index (χ1) is 10.3. The number of fused-ring (bicyclic) bond motifs is 2. The first-order valence-electron chi connectivity index (χ1n) is 8.21. The van der Waals surface area contributed by atoms with Gasteiger partial charge in [0.25, 0.3) is 0 Å². The highest BCUT2D eigenvalue weighted by Crippen LogP contribution is 2.33. The highest BCUT2D eigenvalue weighted by molar-refractivity contribution is 9.10. The minimum Gasteiger partial charge on any atom is -0.493 e. The lowest BCUT2D eigenvalue weighted by Gasteiger charge is -2.35. The van der Waals surface area contributed by atoms with Crippen molar-refractivity contribution < 1.29 is 4.74 Å². The van der Waals surface area contributed by atoms with Gasteiger partial charge < -0.3 is 15.0 Å². The molecule has 2 unspecified atom stereocenters. The molecule has 3 nitrogen and oxygen atoms in total. The summed E-state index contributed by atoms with van der Waals surface area (Å²) in [5, 5.41) is 3.78. The largest absolute Gasteiger partial charge is 0.493 e. The van der Waals surface area contributed by atoms with Crippen LogP contribution in [0, 0.1) is 0 Å². The van der Waals surface area contributed by atoms with Crippen molar-refractivity contribution in [2.45, 2.75) is 50.7 Å². The Morgan fingerprint density at radius 2 is 2.24 bits per heavy atom. The normalized spacial score (nSPS) is 28.2. The summed E-state index contributed by atoms with van der Waals surface area (Å²) in [5.74, 6) is 1.13. The lowest BCUT2D eigenvalue weighted by molar-refractivity contribution is 0.166.